The number of carbonyl (C=O) groups is 1. The van der Waals surface area contributed by atoms with E-state index < -0.39 is 0 Å². The highest BCUT2D eigenvalue weighted by Gasteiger charge is 2.30. The van der Waals surface area contributed by atoms with Crippen LogP contribution in [0.5, 0.6) is 0 Å². The molecule has 3 nitrogen and oxygen atoms in total. The third-order valence-corrected chi connectivity index (χ3v) is 3.00. The molecule has 0 aromatic carbocycles. The molecule has 0 N–H and O–H groups in total. The summed E-state index contributed by atoms with van der Waals surface area (Å²) in [6, 6.07) is 0. The van der Waals surface area contributed by atoms with E-state index in [1.54, 1.807) is 0 Å². The van der Waals surface area contributed by atoms with Crippen LogP contribution < -0.4 is 0 Å². The van der Waals surface area contributed by atoms with E-state index in [4.69, 9.17) is 0 Å². The first-order chi connectivity index (χ1) is 7.59. The quantitative estimate of drug-likeness (QED) is 0.701. The molecule has 1 rings (SSSR count). The Balaban J connectivity index is 2.44. The van der Waals surface area contributed by atoms with E-state index >= 15 is 0 Å². The molecule has 1 saturated heterocycles. The van der Waals surface area contributed by atoms with Crippen molar-refractivity contribution in [1.82, 2.24) is 9.80 Å². The standard InChI is InChI=1S/C14H28N2O/c1-13(2,3)11-15-7-9-16(10-8-15)12(17)14(4,5)6/h7-11H2,1-6H3. The molecule has 1 aliphatic rings. The van der Waals surface area contributed by atoms with Gasteiger partial charge >= 0.3 is 0 Å². The molecule has 0 atom stereocenters. The van der Waals surface area contributed by atoms with E-state index in [1.807, 2.05) is 25.7 Å². The molecular weight excluding hydrogens is 212 g/mol. The van der Waals surface area contributed by atoms with Crippen LogP contribution in [0, 0.1) is 10.8 Å². The van der Waals surface area contributed by atoms with Crippen LogP contribution in [-0.4, -0.2) is 48.4 Å². The highest BCUT2D eigenvalue weighted by Crippen LogP contribution is 2.20. The molecule has 0 aromatic heterocycles. The Morgan fingerprint density at radius 3 is 1.76 bits per heavy atom. The minimum Gasteiger partial charge on any atom is -0.340 e. The van der Waals surface area contributed by atoms with Gasteiger partial charge in [-0.1, -0.05) is 41.5 Å². The second kappa shape index (κ2) is 4.97. The molecule has 0 spiro atoms. The second-order valence-electron chi connectivity index (χ2n) is 7.38. The van der Waals surface area contributed by atoms with Crippen LogP contribution in [0.4, 0.5) is 0 Å². The molecule has 1 aliphatic heterocycles. The molecule has 17 heavy (non-hydrogen) atoms. The molecule has 0 unspecified atom stereocenters. The lowest BCUT2D eigenvalue weighted by atomic mass is 9.93. The van der Waals surface area contributed by atoms with Crippen LogP contribution >= 0.6 is 0 Å². The van der Waals surface area contributed by atoms with Crippen LogP contribution in [0.15, 0.2) is 0 Å². The van der Waals surface area contributed by atoms with Gasteiger partial charge in [-0.3, -0.25) is 9.69 Å². The van der Waals surface area contributed by atoms with Crippen molar-refractivity contribution in [1.29, 1.82) is 0 Å². The number of piperazine rings is 1. The van der Waals surface area contributed by atoms with Gasteiger partial charge in [-0.25, -0.2) is 0 Å². The van der Waals surface area contributed by atoms with Crippen molar-refractivity contribution in [2.24, 2.45) is 10.8 Å². The summed E-state index contributed by atoms with van der Waals surface area (Å²) in [4.78, 5) is 16.6. The van der Waals surface area contributed by atoms with Crippen LogP contribution in [-0.2, 0) is 4.79 Å². The molecule has 0 bridgehead atoms. The molecule has 1 heterocycles. The van der Waals surface area contributed by atoms with Gasteiger partial charge in [-0.05, 0) is 5.41 Å². The lowest BCUT2D eigenvalue weighted by Crippen LogP contribution is -2.52. The van der Waals surface area contributed by atoms with Crippen LogP contribution in [0.1, 0.15) is 41.5 Å². The molecule has 3 heteroatoms. The zero-order valence-corrected chi connectivity index (χ0v) is 12.3. The number of rotatable bonds is 1. The summed E-state index contributed by atoms with van der Waals surface area (Å²) < 4.78 is 0. The van der Waals surface area contributed by atoms with E-state index in [0.29, 0.717) is 5.41 Å². The Morgan fingerprint density at radius 1 is 0.941 bits per heavy atom. The van der Waals surface area contributed by atoms with Gasteiger partial charge in [-0.15, -0.1) is 0 Å². The lowest BCUT2D eigenvalue weighted by molar-refractivity contribution is -0.141. The number of nitrogens with zero attached hydrogens (tertiary/aromatic N) is 2. The SMILES string of the molecule is CC(C)(C)CN1CCN(C(=O)C(C)(C)C)CC1. The zero-order valence-electron chi connectivity index (χ0n) is 12.3. The summed E-state index contributed by atoms with van der Waals surface area (Å²) in [6.07, 6.45) is 0. The summed E-state index contributed by atoms with van der Waals surface area (Å²) in [5.41, 5.74) is 0.0996. The first-order valence-electron chi connectivity index (χ1n) is 6.61. The Hall–Kier alpha value is -0.570. The molecule has 0 radical (unpaired) electrons. The van der Waals surface area contributed by atoms with Gasteiger partial charge in [-0.2, -0.15) is 0 Å². The van der Waals surface area contributed by atoms with Crippen molar-refractivity contribution in [3.05, 3.63) is 0 Å². The normalized spacial score (nSPS) is 19.5. The van der Waals surface area contributed by atoms with Gasteiger partial charge in [0.2, 0.25) is 5.91 Å². The van der Waals surface area contributed by atoms with Crippen molar-refractivity contribution in [2.45, 2.75) is 41.5 Å². The highest BCUT2D eigenvalue weighted by molar-refractivity contribution is 5.81. The summed E-state index contributed by atoms with van der Waals surface area (Å²) in [6.45, 7) is 17.7. The predicted molar refractivity (Wildman–Crippen MR) is 71.9 cm³/mol. The fourth-order valence-corrected chi connectivity index (χ4v) is 2.25. The molecule has 1 fully saturated rings. The zero-order chi connectivity index (χ0) is 13.3. The summed E-state index contributed by atoms with van der Waals surface area (Å²) in [5, 5.41) is 0. The first kappa shape index (κ1) is 14.5. The van der Waals surface area contributed by atoms with Crippen LogP contribution in [0.3, 0.4) is 0 Å². The minimum atomic E-state index is -0.244. The predicted octanol–water partition coefficient (Wildman–Crippen LogP) is 2.22. The monoisotopic (exact) mass is 240 g/mol. The second-order valence-corrected chi connectivity index (χ2v) is 7.38. The first-order valence-corrected chi connectivity index (χ1v) is 6.61. The minimum absolute atomic E-state index is 0.244. The van der Waals surface area contributed by atoms with E-state index in [9.17, 15) is 4.79 Å². The molecule has 1 amide bonds. The molecular formula is C14H28N2O. The highest BCUT2D eigenvalue weighted by atomic mass is 16.2. The van der Waals surface area contributed by atoms with Crippen molar-refractivity contribution >= 4 is 5.91 Å². The van der Waals surface area contributed by atoms with Crippen molar-refractivity contribution in [2.75, 3.05) is 32.7 Å². The fraction of sp³-hybridized carbons (Fsp3) is 0.929. The van der Waals surface area contributed by atoms with E-state index in [2.05, 4.69) is 25.7 Å². The van der Waals surface area contributed by atoms with Crippen LogP contribution in [0.25, 0.3) is 0 Å². The van der Waals surface area contributed by atoms with Crippen molar-refractivity contribution in [3.63, 3.8) is 0 Å². The Labute approximate surface area is 106 Å². The third kappa shape index (κ3) is 4.66. The number of amides is 1. The Kier molecular flexibility index (Phi) is 4.23. The van der Waals surface area contributed by atoms with E-state index in [0.717, 1.165) is 32.7 Å². The average molecular weight is 240 g/mol. The molecule has 0 aliphatic carbocycles. The van der Waals surface area contributed by atoms with Crippen molar-refractivity contribution < 1.29 is 4.79 Å². The largest absolute Gasteiger partial charge is 0.340 e. The number of hydrogen-bond acceptors (Lipinski definition) is 2. The van der Waals surface area contributed by atoms with Gasteiger partial charge in [0.1, 0.15) is 0 Å². The van der Waals surface area contributed by atoms with E-state index in [-0.39, 0.29) is 11.3 Å². The van der Waals surface area contributed by atoms with Gasteiger partial charge in [0.15, 0.2) is 0 Å². The molecule has 100 valence electrons. The lowest BCUT2D eigenvalue weighted by Gasteiger charge is -2.39. The van der Waals surface area contributed by atoms with Crippen LogP contribution in [0.2, 0.25) is 0 Å². The summed E-state index contributed by atoms with van der Waals surface area (Å²) >= 11 is 0. The topological polar surface area (TPSA) is 23.6 Å². The van der Waals surface area contributed by atoms with Gasteiger partial charge < -0.3 is 4.90 Å². The average Bonchev–Trinajstić information content (AvgIpc) is 2.14. The van der Waals surface area contributed by atoms with E-state index in [1.165, 1.54) is 0 Å². The van der Waals surface area contributed by atoms with Crippen molar-refractivity contribution in [3.8, 4) is 0 Å². The summed E-state index contributed by atoms with van der Waals surface area (Å²) in [5.74, 6) is 0.285. The molecule has 0 saturated carbocycles. The van der Waals surface area contributed by atoms with Gasteiger partial charge in [0, 0.05) is 38.1 Å². The number of carbonyl (C=O) groups excluding carboxylic acids is 1. The van der Waals surface area contributed by atoms with Gasteiger partial charge in [0.05, 0.1) is 0 Å². The fourth-order valence-electron chi connectivity index (χ4n) is 2.25. The summed E-state index contributed by atoms with van der Waals surface area (Å²) in [7, 11) is 0. The third-order valence-electron chi connectivity index (χ3n) is 3.00. The smallest absolute Gasteiger partial charge is 0.228 e. The Morgan fingerprint density at radius 2 is 1.41 bits per heavy atom. The maximum atomic E-state index is 12.1. The maximum Gasteiger partial charge on any atom is 0.228 e. The Bertz CT molecular complexity index is 265. The van der Waals surface area contributed by atoms with Gasteiger partial charge in [0.25, 0.3) is 0 Å². The number of hydrogen-bond donors (Lipinski definition) is 0. The maximum absolute atomic E-state index is 12.1. The molecule has 0 aromatic rings.